The molecule has 3 N–H and O–H groups in total. The van der Waals surface area contributed by atoms with E-state index in [4.69, 9.17) is 5.73 Å². The van der Waals surface area contributed by atoms with Crippen LogP contribution in [0.15, 0.2) is 30.5 Å². The summed E-state index contributed by atoms with van der Waals surface area (Å²) in [4.78, 5) is 6.69. The number of rotatable bonds is 3. The van der Waals surface area contributed by atoms with Gasteiger partial charge in [-0.2, -0.15) is 0 Å². The second kappa shape index (κ2) is 5.05. The van der Waals surface area contributed by atoms with E-state index < -0.39 is 0 Å². The molecule has 3 rings (SSSR count). The molecule has 4 nitrogen and oxygen atoms in total. The van der Waals surface area contributed by atoms with Crippen LogP contribution in [0.3, 0.4) is 0 Å². The minimum absolute atomic E-state index is 0.717. The molecule has 1 aliphatic heterocycles. The van der Waals surface area contributed by atoms with Crippen LogP contribution in [0.5, 0.6) is 0 Å². The summed E-state index contributed by atoms with van der Waals surface area (Å²) in [5.41, 5.74) is 8.99. The Bertz CT molecular complexity index is 581. The lowest BCUT2D eigenvalue weighted by molar-refractivity contribution is 0.399. The number of nitrogens with one attached hydrogen (secondary N) is 1. The number of hydrogen-bond donors (Lipinski definition) is 2. The zero-order valence-corrected chi connectivity index (χ0v) is 11.3. The van der Waals surface area contributed by atoms with Crippen LogP contribution in [0.25, 0.3) is 10.9 Å². The van der Waals surface area contributed by atoms with Crippen molar-refractivity contribution >= 4 is 22.3 Å². The molecule has 1 unspecified atom stereocenters. The zero-order chi connectivity index (χ0) is 13.2. The van der Waals surface area contributed by atoms with Crippen molar-refractivity contribution in [1.82, 2.24) is 9.88 Å². The Morgan fingerprint density at radius 2 is 2.32 bits per heavy atom. The number of nitrogens with two attached hydrogens (primary N) is 1. The molecule has 19 heavy (non-hydrogen) atoms. The molecule has 1 aromatic carbocycles. The molecule has 0 radical (unpaired) electrons. The van der Waals surface area contributed by atoms with Gasteiger partial charge in [0, 0.05) is 24.7 Å². The number of likely N-dealkylation sites (tertiary alicyclic amines) is 1. The highest BCUT2D eigenvalue weighted by Crippen LogP contribution is 2.28. The third kappa shape index (κ3) is 2.49. The van der Waals surface area contributed by atoms with Crippen molar-refractivity contribution in [3.05, 3.63) is 30.5 Å². The fraction of sp³-hybridized carbons (Fsp3) is 0.400. The maximum absolute atomic E-state index is 6.22. The fourth-order valence-electron chi connectivity index (χ4n) is 2.78. The Labute approximate surface area is 113 Å². The zero-order valence-electron chi connectivity index (χ0n) is 11.3. The van der Waals surface area contributed by atoms with Gasteiger partial charge in [-0.3, -0.25) is 4.98 Å². The van der Waals surface area contributed by atoms with E-state index in [1.165, 1.54) is 19.5 Å². The highest BCUT2D eigenvalue weighted by Gasteiger charge is 2.19. The maximum Gasteiger partial charge on any atom is 0.0724 e. The molecule has 2 aromatic rings. The van der Waals surface area contributed by atoms with Crippen molar-refractivity contribution in [2.24, 2.45) is 5.92 Å². The van der Waals surface area contributed by atoms with Gasteiger partial charge in [0.05, 0.1) is 16.9 Å². The predicted octanol–water partition coefficient (Wildman–Crippen LogP) is 2.18. The summed E-state index contributed by atoms with van der Waals surface area (Å²) < 4.78 is 0. The summed E-state index contributed by atoms with van der Waals surface area (Å²) in [6.07, 6.45) is 3.06. The first kappa shape index (κ1) is 12.2. The predicted molar refractivity (Wildman–Crippen MR) is 80.2 cm³/mol. The van der Waals surface area contributed by atoms with Crippen molar-refractivity contribution < 1.29 is 0 Å². The smallest absolute Gasteiger partial charge is 0.0724 e. The lowest BCUT2D eigenvalue weighted by Gasteiger charge is -2.15. The average Bonchev–Trinajstić information content (AvgIpc) is 2.84. The molecule has 0 spiro atoms. The number of anilines is 2. The molecule has 2 heterocycles. The van der Waals surface area contributed by atoms with Gasteiger partial charge in [-0.25, -0.2) is 0 Å². The molecule has 1 saturated heterocycles. The van der Waals surface area contributed by atoms with Crippen molar-refractivity contribution in [3.63, 3.8) is 0 Å². The second-order valence-electron chi connectivity index (χ2n) is 5.39. The van der Waals surface area contributed by atoms with Crippen LogP contribution in [-0.2, 0) is 0 Å². The van der Waals surface area contributed by atoms with E-state index in [1.807, 2.05) is 24.3 Å². The lowest BCUT2D eigenvalue weighted by Crippen LogP contribution is -2.19. The Morgan fingerprint density at radius 3 is 3.11 bits per heavy atom. The molecule has 0 amide bonds. The van der Waals surface area contributed by atoms with E-state index >= 15 is 0 Å². The molecular formula is C15H20N4. The summed E-state index contributed by atoms with van der Waals surface area (Å²) in [6.45, 7) is 3.35. The van der Waals surface area contributed by atoms with Crippen molar-refractivity contribution in [3.8, 4) is 0 Å². The van der Waals surface area contributed by atoms with E-state index in [0.717, 1.165) is 28.8 Å². The van der Waals surface area contributed by atoms with Gasteiger partial charge in [-0.1, -0.05) is 0 Å². The largest absolute Gasteiger partial charge is 0.397 e. The van der Waals surface area contributed by atoms with Gasteiger partial charge in [0.25, 0.3) is 0 Å². The van der Waals surface area contributed by atoms with Crippen molar-refractivity contribution in [2.75, 3.05) is 37.7 Å². The third-order valence-electron chi connectivity index (χ3n) is 3.90. The number of aromatic nitrogens is 1. The Morgan fingerprint density at radius 1 is 1.42 bits per heavy atom. The van der Waals surface area contributed by atoms with E-state index in [0.29, 0.717) is 5.92 Å². The van der Waals surface area contributed by atoms with Crippen LogP contribution >= 0.6 is 0 Å². The SMILES string of the molecule is CN1CCC(CNc2ccc3ncccc3c2N)C1. The van der Waals surface area contributed by atoms with Gasteiger partial charge in [0.15, 0.2) is 0 Å². The normalized spacial score (nSPS) is 19.9. The van der Waals surface area contributed by atoms with Gasteiger partial charge in [-0.15, -0.1) is 0 Å². The highest BCUT2D eigenvalue weighted by atomic mass is 15.1. The Hall–Kier alpha value is -1.81. The van der Waals surface area contributed by atoms with Crippen LogP contribution in [0.1, 0.15) is 6.42 Å². The second-order valence-corrected chi connectivity index (χ2v) is 5.39. The maximum atomic E-state index is 6.22. The minimum atomic E-state index is 0.717. The molecule has 0 aliphatic carbocycles. The van der Waals surface area contributed by atoms with Crippen LogP contribution < -0.4 is 11.1 Å². The summed E-state index contributed by atoms with van der Waals surface area (Å²) in [6, 6.07) is 8.00. The molecule has 0 saturated carbocycles. The van der Waals surface area contributed by atoms with Crippen LogP contribution in [0.4, 0.5) is 11.4 Å². The number of fused-ring (bicyclic) bond motifs is 1. The molecule has 1 atom stereocenters. The van der Waals surface area contributed by atoms with Gasteiger partial charge in [-0.05, 0) is 50.2 Å². The summed E-state index contributed by atoms with van der Waals surface area (Å²) in [5, 5.41) is 4.51. The Balaban J connectivity index is 1.76. The number of nitrogen functional groups attached to an aromatic ring is 1. The van der Waals surface area contributed by atoms with Gasteiger partial charge < -0.3 is 16.0 Å². The molecule has 1 aliphatic rings. The first-order valence-corrected chi connectivity index (χ1v) is 6.79. The molecule has 1 aromatic heterocycles. The lowest BCUT2D eigenvalue weighted by atomic mass is 10.1. The number of nitrogens with zero attached hydrogens (tertiary/aromatic N) is 2. The molecule has 1 fully saturated rings. The van der Waals surface area contributed by atoms with Crippen LogP contribution in [-0.4, -0.2) is 36.6 Å². The number of benzene rings is 1. The summed E-state index contributed by atoms with van der Waals surface area (Å²) >= 11 is 0. The number of pyridine rings is 1. The summed E-state index contributed by atoms with van der Waals surface area (Å²) in [7, 11) is 2.18. The fourth-order valence-corrected chi connectivity index (χ4v) is 2.78. The quantitative estimate of drug-likeness (QED) is 0.827. The number of hydrogen-bond acceptors (Lipinski definition) is 4. The molecule has 100 valence electrons. The highest BCUT2D eigenvalue weighted by molar-refractivity contribution is 5.96. The first-order chi connectivity index (χ1) is 9.24. The minimum Gasteiger partial charge on any atom is -0.397 e. The van der Waals surface area contributed by atoms with Crippen LogP contribution in [0, 0.1) is 5.92 Å². The first-order valence-electron chi connectivity index (χ1n) is 6.79. The molecular weight excluding hydrogens is 236 g/mol. The summed E-state index contributed by atoms with van der Waals surface area (Å²) in [5.74, 6) is 0.717. The monoisotopic (exact) mass is 256 g/mol. The van der Waals surface area contributed by atoms with Gasteiger partial charge >= 0.3 is 0 Å². The standard InChI is InChI=1S/C15H20N4/c1-19-8-6-11(10-19)9-18-14-5-4-13-12(15(14)16)3-2-7-17-13/h2-5,7,11,18H,6,8-10,16H2,1H3. The average molecular weight is 256 g/mol. The van der Waals surface area contributed by atoms with Gasteiger partial charge in [0.2, 0.25) is 0 Å². The Kier molecular flexibility index (Phi) is 3.25. The van der Waals surface area contributed by atoms with E-state index in [9.17, 15) is 0 Å². The van der Waals surface area contributed by atoms with Crippen molar-refractivity contribution in [1.29, 1.82) is 0 Å². The third-order valence-corrected chi connectivity index (χ3v) is 3.90. The molecule has 0 bridgehead atoms. The van der Waals surface area contributed by atoms with Crippen molar-refractivity contribution in [2.45, 2.75) is 6.42 Å². The van der Waals surface area contributed by atoms with E-state index in [2.05, 4.69) is 22.2 Å². The molecule has 4 heteroatoms. The van der Waals surface area contributed by atoms with E-state index in [1.54, 1.807) is 6.20 Å². The van der Waals surface area contributed by atoms with E-state index in [-0.39, 0.29) is 0 Å². The topological polar surface area (TPSA) is 54.2 Å². The van der Waals surface area contributed by atoms with Crippen LogP contribution in [0.2, 0.25) is 0 Å². The van der Waals surface area contributed by atoms with Gasteiger partial charge in [0.1, 0.15) is 0 Å².